The van der Waals surface area contributed by atoms with E-state index in [9.17, 15) is 13.2 Å². The van der Waals surface area contributed by atoms with Crippen LogP contribution in [0.3, 0.4) is 0 Å². The quantitative estimate of drug-likeness (QED) is 0.230. The number of hydrogen-bond acceptors (Lipinski definition) is 1. The third kappa shape index (κ3) is 6.02. The Labute approximate surface area is 189 Å². The van der Waals surface area contributed by atoms with Crippen LogP contribution in [0.15, 0.2) is 48.7 Å². The van der Waals surface area contributed by atoms with Gasteiger partial charge in [-0.15, -0.1) is 0 Å². The summed E-state index contributed by atoms with van der Waals surface area (Å²) < 4.78 is 47.9. The first kappa shape index (κ1) is 24.1. The molecule has 1 aromatic heterocycles. The Hall–Kier alpha value is -2.56. The van der Waals surface area contributed by atoms with E-state index in [0.29, 0.717) is 12.2 Å². The topological polar surface area (TPSA) is 13.1 Å². The molecule has 0 aliphatic rings. The summed E-state index contributed by atoms with van der Waals surface area (Å²) in [4.78, 5) is 0. The van der Waals surface area contributed by atoms with Crippen molar-refractivity contribution in [3.8, 4) is 17.0 Å². The van der Waals surface area contributed by atoms with E-state index in [1.54, 1.807) is 0 Å². The number of benzene rings is 2. The van der Waals surface area contributed by atoms with Crippen molar-refractivity contribution in [2.75, 3.05) is 6.61 Å². The van der Waals surface area contributed by atoms with Gasteiger partial charge in [0.05, 0.1) is 23.1 Å². The van der Waals surface area contributed by atoms with E-state index < -0.39 is 11.7 Å². The van der Waals surface area contributed by atoms with Gasteiger partial charge < -0.3 is 4.74 Å². The van der Waals surface area contributed by atoms with Crippen LogP contribution in [0.25, 0.3) is 22.0 Å². The zero-order chi connectivity index (χ0) is 23.1. The molecule has 2 nitrogen and oxygen atoms in total. The lowest BCUT2D eigenvalue weighted by Crippen LogP contribution is -2.30. The van der Waals surface area contributed by atoms with Crippen LogP contribution in [0.1, 0.15) is 63.0 Å². The predicted molar refractivity (Wildman–Crippen MR) is 124 cm³/mol. The molecule has 0 fully saturated rings. The Kier molecular flexibility index (Phi) is 8.16. The van der Waals surface area contributed by atoms with E-state index in [0.717, 1.165) is 46.7 Å². The molecule has 0 radical (unpaired) electrons. The molecule has 2 aromatic carbocycles. The zero-order valence-electron chi connectivity index (χ0n) is 19.3. The molecule has 1 heterocycles. The van der Waals surface area contributed by atoms with Gasteiger partial charge in [0.25, 0.3) is 0 Å². The lowest BCUT2D eigenvalue weighted by atomic mass is 9.97. The van der Waals surface area contributed by atoms with Gasteiger partial charge in [0, 0.05) is 6.07 Å². The van der Waals surface area contributed by atoms with Gasteiger partial charge in [-0.2, -0.15) is 13.2 Å². The first-order valence-electron chi connectivity index (χ1n) is 11.5. The molecule has 0 N–H and O–H groups in total. The number of alkyl halides is 3. The summed E-state index contributed by atoms with van der Waals surface area (Å²) in [5.41, 5.74) is 1.50. The largest absolute Gasteiger partial charge is 0.494 e. The molecule has 0 bridgehead atoms. The molecule has 0 spiro atoms. The smallest absolute Gasteiger partial charge is 0.416 e. The molecule has 0 aliphatic carbocycles. The summed E-state index contributed by atoms with van der Waals surface area (Å²) in [7, 11) is 1.86. The van der Waals surface area contributed by atoms with E-state index in [1.807, 2.05) is 49.0 Å². The number of halogens is 3. The monoisotopic (exact) mass is 444 g/mol. The molecule has 0 amide bonds. The molecular weight excluding hydrogens is 411 g/mol. The van der Waals surface area contributed by atoms with Crippen LogP contribution in [0.5, 0.6) is 5.75 Å². The molecule has 0 saturated heterocycles. The van der Waals surface area contributed by atoms with Crippen molar-refractivity contribution in [1.29, 1.82) is 0 Å². The molecule has 32 heavy (non-hydrogen) atoms. The number of aryl methyl sites for hydroxylation is 2. The SMILES string of the molecule is CCCCCCCCCOc1ccc2cc[n+](C)c(-c3cc(C(F)(F)F)ccc3C)c2c1. The summed E-state index contributed by atoms with van der Waals surface area (Å²) in [5, 5.41) is 1.85. The Morgan fingerprint density at radius 2 is 1.59 bits per heavy atom. The highest BCUT2D eigenvalue weighted by atomic mass is 19.4. The molecule has 3 rings (SSSR count). The number of nitrogens with zero attached hydrogens (tertiary/aromatic N) is 1. The van der Waals surface area contributed by atoms with Gasteiger partial charge in [0.1, 0.15) is 12.8 Å². The van der Waals surface area contributed by atoms with Crippen molar-refractivity contribution < 1.29 is 22.5 Å². The van der Waals surface area contributed by atoms with Gasteiger partial charge in [0.15, 0.2) is 6.20 Å². The van der Waals surface area contributed by atoms with Crippen molar-refractivity contribution in [1.82, 2.24) is 0 Å². The number of hydrogen-bond donors (Lipinski definition) is 0. The lowest BCUT2D eigenvalue weighted by Gasteiger charge is -2.13. The van der Waals surface area contributed by atoms with Crippen molar-refractivity contribution in [2.24, 2.45) is 7.05 Å². The third-order valence-corrected chi connectivity index (χ3v) is 5.95. The minimum atomic E-state index is -4.38. The number of rotatable bonds is 10. The summed E-state index contributed by atoms with van der Waals surface area (Å²) in [6.07, 6.45) is 6.04. The van der Waals surface area contributed by atoms with Gasteiger partial charge in [-0.25, -0.2) is 4.57 Å². The van der Waals surface area contributed by atoms with Crippen LogP contribution in [0.2, 0.25) is 0 Å². The predicted octanol–water partition coefficient (Wildman–Crippen LogP) is 7.79. The Morgan fingerprint density at radius 3 is 2.31 bits per heavy atom. The number of unbranched alkanes of at least 4 members (excludes halogenated alkanes) is 6. The van der Waals surface area contributed by atoms with Gasteiger partial charge in [-0.3, -0.25) is 0 Å². The molecule has 0 unspecified atom stereocenters. The van der Waals surface area contributed by atoms with E-state index in [1.165, 1.54) is 44.2 Å². The van der Waals surface area contributed by atoms with Gasteiger partial charge in [-0.05, 0) is 48.6 Å². The molecule has 0 saturated carbocycles. The molecular formula is C27H33F3NO+. The second kappa shape index (κ2) is 10.8. The van der Waals surface area contributed by atoms with E-state index >= 15 is 0 Å². The molecule has 0 aliphatic heterocycles. The summed E-state index contributed by atoms with van der Waals surface area (Å²) in [5.74, 6) is 0.751. The minimum Gasteiger partial charge on any atom is -0.494 e. The normalized spacial score (nSPS) is 11.8. The first-order chi connectivity index (χ1) is 15.3. The van der Waals surface area contributed by atoms with Crippen LogP contribution in [0.4, 0.5) is 13.2 Å². The van der Waals surface area contributed by atoms with Crippen molar-refractivity contribution in [3.05, 3.63) is 59.8 Å². The second-order valence-corrected chi connectivity index (χ2v) is 8.52. The van der Waals surface area contributed by atoms with Crippen LogP contribution >= 0.6 is 0 Å². The maximum Gasteiger partial charge on any atom is 0.416 e. The fourth-order valence-electron chi connectivity index (χ4n) is 4.07. The van der Waals surface area contributed by atoms with Crippen LogP contribution < -0.4 is 9.30 Å². The van der Waals surface area contributed by atoms with Crippen molar-refractivity contribution in [3.63, 3.8) is 0 Å². The van der Waals surface area contributed by atoms with Crippen LogP contribution in [-0.4, -0.2) is 6.61 Å². The number of fused-ring (bicyclic) bond motifs is 1. The molecule has 3 aromatic rings. The maximum atomic E-state index is 13.4. The van der Waals surface area contributed by atoms with Crippen molar-refractivity contribution in [2.45, 2.75) is 65.0 Å². The van der Waals surface area contributed by atoms with Crippen LogP contribution in [0, 0.1) is 6.92 Å². The number of pyridine rings is 1. The standard InChI is InChI=1S/C27H33F3NO/c1-4-5-6-7-8-9-10-17-32-23-14-12-21-15-16-31(3)26(25(21)19-23)24-18-22(27(28,29)30)13-11-20(24)2/h11-16,18-19H,4-10,17H2,1-3H3/q+1. The Bertz CT molecular complexity index is 1040. The Balaban J connectivity index is 1.82. The highest BCUT2D eigenvalue weighted by Gasteiger charge is 2.32. The molecule has 172 valence electrons. The van der Waals surface area contributed by atoms with Gasteiger partial charge >= 0.3 is 6.18 Å². The molecule has 5 heteroatoms. The van der Waals surface area contributed by atoms with E-state index in [-0.39, 0.29) is 0 Å². The fourth-order valence-corrected chi connectivity index (χ4v) is 4.07. The summed E-state index contributed by atoms with van der Waals surface area (Å²) in [6, 6.07) is 11.8. The number of aromatic nitrogens is 1. The van der Waals surface area contributed by atoms with E-state index in [4.69, 9.17) is 4.74 Å². The van der Waals surface area contributed by atoms with Crippen molar-refractivity contribution >= 4 is 10.8 Å². The van der Waals surface area contributed by atoms with E-state index in [2.05, 4.69) is 6.92 Å². The lowest BCUT2D eigenvalue weighted by molar-refractivity contribution is -0.659. The van der Waals surface area contributed by atoms with Gasteiger partial charge in [-0.1, -0.05) is 57.6 Å². The Morgan fingerprint density at radius 1 is 0.875 bits per heavy atom. The summed E-state index contributed by atoms with van der Waals surface area (Å²) in [6.45, 7) is 4.71. The van der Waals surface area contributed by atoms with Crippen LogP contribution in [-0.2, 0) is 13.2 Å². The van der Waals surface area contributed by atoms with Gasteiger partial charge in [0.2, 0.25) is 5.69 Å². The average Bonchev–Trinajstić information content (AvgIpc) is 2.75. The maximum absolute atomic E-state index is 13.4. The minimum absolute atomic E-state index is 0.581. The highest BCUT2D eigenvalue weighted by molar-refractivity contribution is 5.94. The second-order valence-electron chi connectivity index (χ2n) is 8.52. The first-order valence-corrected chi connectivity index (χ1v) is 11.5. The fraction of sp³-hybridized carbons (Fsp3) is 0.444. The number of ether oxygens (including phenoxy) is 1. The zero-order valence-corrected chi connectivity index (χ0v) is 19.3. The molecule has 0 atom stereocenters. The summed E-state index contributed by atoms with van der Waals surface area (Å²) >= 11 is 0. The average molecular weight is 445 g/mol. The third-order valence-electron chi connectivity index (χ3n) is 5.95. The highest BCUT2D eigenvalue weighted by Crippen LogP contribution is 2.35.